The Morgan fingerprint density at radius 1 is 1.24 bits per heavy atom. The summed E-state index contributed by atoms with van der Waals surface area (Å²) in [7, 11) is 1.32. The van der Waals surface area contributed by atoms with Crippen LogP contribution >= 0.6 is 0 Å². The second-order valence-electron chi connectivity index (χ2n) is 3.80. The SMILES string of the molecule is COC(=O)CCNC(=O)c1c(C)oc(C)c1C. The average molecular weight is 239 g/mol. The largest absolute Gasteiger partial charge is 0.469 e. The topological polar surface area (TPSA) is 68.5 Å². The van der Waals surface area contributed by atoms with Gasteiger partial charge in [-0.3, -0.25) is 9.59 Å². The van der Waals surface area contributed by atoms with E-state index in [1.807, 2.05) is 13.8 Å². The van der Waals surface area contributed by atoms with Crippen LogP contribution in [0.3, 0.4) is 0 Å². The van der Waals surface area contributed by atoms with Crippen LogP contribution < -0.4 is 5.32 Å². The van der Waals surface area contributed by atoms with Gasteiger partial charge < -0.3 is 14.5 Å². The Morgan fingerprint density at radius 3 is 2.35 bits per heavy atom. The summed E-state index contributed by atoms with van der Waals surface area (Å²) >= 11 is 0. The van der Waals surface area contributed by atoms with Gasteiger partial charge in [-0.05, 0) is 20.8 Å². The van der Waals surface area contributed by atoms with E-state index in [1.165, 1.54) is 7.11 Å². The molecule has 0 radical (unpaired) electrons. The standard InChI is InChI=1S/C12H17NO4/c1-7-8(2)17-9(3)11(7)12(15)13-6-5-10(14)16-4/h5-6H2,1-4H3,(H,13,15). The van der Waals surface area contributed by atoms with Crippen LogP contribution in [0.4, 0.5) is 0 Å². The summed E-state index contributed by atoms with van der Waals surface area (Å²) < 4.78 is 9.84. The Balaban J connectivity index is 2.61. The van der Waals surface area contributed by atoms with E-state index in [0.717, 1.165) is 11.3 Å². The second-order valence-corrected chi connectivity index (χ2v) is 3.80. The molecule has 0 aliphatic carbocycles. The number of carbonyl (C=O) groups is 2. The molecule has 1 amide bonds. The highest BCUT2D eigenvalue weighted by molar-refractivity contribution is 5.97. The highest BCUT2D eigenvalue weighted by Crippen LogP contribution is 2.20. The predicted octanol–water partition coefficient (Wildman–Crippen LogP) is 1.50. The summed E-state index contributed by atoms with van der Waals surface area (Å²) in [6.07, 6.45) is 0.164. The molecule has 1 aromatic rings. The Bertz CT molecular complexity index is 434. The number of methoxy groups -OCH3 is 1. The molecule has 1 rings (SSSR count). The molecule has 0 atom stereocenters. The smallest absolute Gasteiger partial charge is 0.307 e. The highest BCUT2D eigenvalue weighted by Gasteiger charge is 2.18. The van der Waals surface area contributed by atoms with Crippen LogP contribution in [-0.4, -0.2) is 25.5 Å². The molecule has 1 heterocycles. The number of furan rings is 1. The first-order chi connectivity index (χ1) is 7.97. The lowest BCUT2D eigenvalue weighted by Gasteiger charge is -2.04. The fourth-order valence-corrected chi connectivity index (χ4v) is 1.60. The molecule has 0 unspecified atom stereocenters. The van der Waals surface area contributed by atoms with Crippen molar-refractivity contribution in [3.8, 4) is 0 Å². The number of nitrogens with one attached hydrogen (secondary N) is 1. The number of aryl methyl sites for hydroxylation is 2. The monoisotopic (exact) mass is 239 g/mol. The number of ether oxygens (including phenoxy) is 1. The molecular weight excluding hydrogens is 222 g/mol. The molecule has 0 aromatic carbocycles. The van der Waals surface area contributed by atoms with Gasteiger partial charge in [0, 0.05) is 12.1 Å². The number of rotatable bonds is 4. The second kappa shape index (κ2) is 5.52. The number of hydrogen-bond donors (Lipinski definition) is 1. The molecule has 1 N–H and O–H groups in total. The number of hydrogen-bond acceptors (Lipinski definition) is 4. The number of esters is 1. The minimum Gasteiger partial charge on any atom is -0.469 e. The van der Waals surface area contributed by atoms with Crippen molar-refractivity contribution in [1.29, 1.82) is 0 Å². The molecule has 17 heavy (non-hydrogen) atoms. The lowest BCUT2D eigenvalue weighted by atomic mass is 10.1. The van der Waals surface area contributed by atoms with E-state index in [1.54, 1.807) is 6.92 Å². The van der Waals surface area contributed by atoms with Gasteiger partial charge in [0.15, 0.2) is 0 Å². The summed E-state index contributed by atoms with van der Waals surface area (Å²) in [5.41, 5.74) is 1.38. The molecular formula is C12H17NO4. The van der Waals surface area contributed by atoms with E-state index in [0.29, 0.717) is 11.3 Å². The maximum absolute atomic E-state index is 11.8. The van der Waals surface area contributed by atoms with Gasteiger partial charge >= 0.3 is 5.97 Å². The van der Waals surface area contributed by atoms with Crippen LogP contribution in [-0.2, 0) is 9.53 Å². The van der Waals surface area contributed by atoms with Gasteiger partial charge in [-0.2, -0.15) is 0 Å². The quantitative estimate of drug-likeness (QED) is 0.808. The van der Waals surface area contributed by atoms with Crippen LogP contribution in [0.15, 0.2) is 4.42 Å². The first-order valence-electron chi connectivity index (χ1n) is 5.39. The normalized spacial score (nSPS) is 10.1. The van der Waals surface area contributed by atoms with Crippen LogP contribution in [0.2, 0.25) is 0 Å². The van der Waals surface area contributed by atoms with Crippen LogP contribution in [0.5, 0.6) is 0 Å². The third-order valence-corrected chi connectivity index (χ3v) is 2.63. The van der Waals surface area contributed by atoms with Crippen molar-refractivity contribution in [1.82, 2.24) is 5.32 Å². The molecule has 5 nitrogen and oxygen atoms in total. The summed E-state index contributed by atoms with van der Waals surface area (Å²) in [6, 6.07) is 0. The van der Waals surface area contributed by atoms with E-state index in [2.05, 4.69) is 10.1 Å². The third-order valence-electron chi connectivity index (χ3n) is 2.63. The van der Waals surface area contributed by atoms with E-state index in [9.17, 15) is 9.59 Å². The molecule has 0 spiro atoms. The van der Waals surface area contributed by atoms with E-state index < -0.39 is 0 Å². The Morgan fingerprint density at radius 2 is 1.88 bits per heavy atom. The van der Waals surface area contributed by atoms with Crippen molar-refractivity contribution in [2.24, 2.45) is 0 Å². The van der Waals surface area contributed by atoms with Gasteiger partial charge in [-0.15, -0.1) is 0 Å². The van der Waals surface area contributed by atoms with Gasteiger partial charge in [-0.1, -0.05) is 0 Å². The number of amides is 1. The van der Waals surface area contributed by atoms with Gasteiger partial charge in [0.1, 0.15) is 11.5 Å². The summed E-state index contributed by atoms with van der Waals surface area (Å²) in [6.45, 7) is 5.65. The zero-order chi connectivity index (χ0) is 13.0. The van der Waals surface area contributed by atoms with Crippen molar-refractivity contribution >= 4 is 11.9 Å². The Kier molecular flexibility index (Phi) is 4.31. The molecule has 94 valence electrons. The maximum atomic E-state index is 11.8. The van der Waals surface area contributed by atoms with Gasteiger partial charge in [0.2, 0.25) is 0 Å². The first kappa shape index (κ1) is 13.3. The minimum atomic E-state index is -0.345. The summed E-state index contributed by atoms with van der Waals surface area (Å²) in [5.74, 6) is 0.763. The van der Waals surface area contributed by atoms with Crippen molar-refractivity contribution in [2.75, 3.05) is 13.7 Å². The predicted molar refractivity (Wildman–Crippen MR) is 61.9 cm³/mol. The zero-order valence-corrected chi connectivity index (χ0v) is 10.5. The maximum Gasteiger partial charge on any atom is 0.307 e. The molecule has 0 bridgehead atoms. The van der Waals surface area contributed by atoms with E-state index in [4.69, 9.17) is 4.42 Å². The van der Waals surface area contributed by atoms with Gasteiger partial charge in [-0.25, -0.2) is 0 Å². The van der Waals surface area contributed by atoms with E-state index in [-0.39, 0.29) is 24.8 Å². The highest BCUT2D eigenvalue weighted by atomic mass is 16.5. The molecule has 0 aliphatic heterocycles. The van der Waals surface area contributed by atoms with Crippen molar-refractivity contribution < 1.29 is 18.7 Å². The number of carbonyl (C=O) groups excluding carboxylic acids is 2. The van der Waals surface area contributed by atoms with Crippen molar-refractivity contribution in [2.45, 2.75) is 27.2 Å². The van der Waals surface area contributed by atoms with Crippen molar-refractivity contribution in [3.63, 3.8) is 0 Å². The molecule has 0 saturated heterocycles. The molecule has 5 heteroatoms. The fraction of sp³-hybridized carbons (Fsp3) is 0.500. The Labute approximate surface area is 100 Å². The summed E-state index contributed by atoms with van der Waals surface area (Å²) in [5, 5.41) is 2.66. The zero-order valence-electron chi connectivity index (χ0n) is 10.5. The summed E-state index contributed by atoms with van der Waals surface area (Å²) in [4.78, 5) is 22.7. The first-order valence-corrected chi connectivity index (χ1v) is 5.39. The van der Waals surface area contributed by atoms with Crippen molar-refractivity contribution in [3.05, 3.63) is 22.6 Å². The Hall–Kier alpha value is -1.78. The molecule has 0 saturated carbocycles. The molecule has 0 fully saturated rings. The van der Waals surface area contributed by atoms with Gasteiger partial charge in [0.25, 0.3) is 5.91 Å². The van der Waals surface area contributed by atoms with Gasteiger partial charge in [0.05, 0.1) is 19.1 Å². The lowest BCUT2D eigenvalue weighted by molar-refractivity contribution is -0.140. The average Bonchev–Trinajstić information content (AvgIpc) is 2.52. The van der Waals surface area contributed by atoms with Crippen LogP contribution in [0, 0.1) is 20.8 Å². The third kappa shape index (κ3) is 3.09. The lowest BCUT2D eigenvalue weighted by Crippen LogP contribution is -2.27. The minimum absolute atomic E-state index is 0.164. The molecule has 0 aliphatic rings. The van der Waals surface area contributed by atoms with E-state index >= 15 is 0 Å². The van der Waals surface area contributed by atoms with Crippen LogP contribution in [0.25, 0.3) is 0 Å². The molecule has 1 aromatic heterocycles. The van der Waals surface area contributed by atoms with Crippen LogP contribution in [0.1, 0.15) is 33.9 Å². The fourth-order valence-electron chi connectivity index (χ4n) is 1.60.